The number of anilines is 1. The number of carbonyl (C=O) groups is 1. The first-order valence-electron chi connectivity index (χ1n) is 8.39. The maximum absolute atomic E-state index is 12.2. The lowest BCUT2D eigenvalue weighted by molar-refractivity contribution is -0.128. The van der Waals surface area contributed by atoms with E-state index in [1.165, 1.54) is 11.3 Å². The molecule has 1 amide bonds. The van der Waals surface area contributed by atoms with Gasteiger partial charge in [0.05, 0.1) is 5.75 Å². The molecule has 0 aliphatic carbocycles. The molecular formula is C18H28N2O2S. The lowest BCUT2D eigenvalue weighted by atomic mass is 10.1. The van der Waals surface area contributed by atoms with Gasteiger partial charge in [0.15, 0.2) is 0 Å². The minimum Gasteiger partial charge on any atom is -0.381 e. The standard InChI is InChI=1S/C18H28N2O2S/c1-4-5-12-22-13-6-11-20-17(21)14-23-18(20)15-7-9-16(10-8-15)19(2)3/h7-10,18H,4-6,11-14H2,1-3H3. The third-order valence-corrected chi connectivity index (χ3v) is 5.25. The van der Waals surface area contributed by atoms with Crippen LogP contribution in [0.3, 0.4) is 0 Å². The smallest absolute Gasteiger partial charge is 0.233 e. The Morgan fingerprint density at radius 2 is 1.91 bits per heavy atom. The molecule has 0 radical (unpaired) electrons. The zero-order valence-corrected chi connectivity index (χ0v) is 15.3. The molecule has 1 aliphatic rings. The van der Waals surface area contributed by atoms with Crippen LogP contribution in [0, 0.1) is 0 Å². The number of amides is 1. The van der Waals surface area contributed by atoms with E-state index in [0.717, 1.165) is 39.0 Å². The van der Waals surface area contributed by atoms with Crippen molar-refractivity contribution in [1.82, 2.24) is 4.90 Å². The first-order valence-corrected chi connectivity index (χ1v) is 9.44. The van der Waals surface area contributed by atoms with Crippen LogP contribution in [-0.2, 0) is 9.53 Å². The van der Waals surface area contributed by atoms with Crippen molar-refractivity contribution in [3.63, 3.8) is 0 Å². The van der Waals surface area contributed by atoms with Crippen LogP contribution in [0.1, 0.15) is 37.1 Å². The molecule has 2 rings (SSSR count). The van der Waals surface area contributed by atoms with Gasteiger partial charge in [-0.25, -0.2) is 0 Å². The number of hydrogen-bond acceptors (Lipinski definition) is 4. The Morgan fingerprint density at radius 1 is 1.22 bits per heavy atom. The summed E-state index contributed by atoms with van der Waals surface area (Å²) in [4.78, 5) is 16.2. The first kappa shape index (κ1) is 18.1. The van der Waals surface area contributed by atoms with Crippen molar-refractivity contribution in [3.05, 3.63) is 29.8 Å². The van der Waals surface area contributed by atoms with Crippen LogP contribution in [0.15, 0.2) is 24.3 Å². The number of unbranched alkanes of at least 4 members (excludes halogenated alkanes) is 1. The number of nitrogens with zero attached hydrogens (tertiary/aromatic N) is 2. The first-order chi connectivity index (χ1) is 11.1. The summed E-state index contributed by atoms with van der Waals surface area (Å²) in [5.41, 5.74) is 2.39. The van der Waals surface area contributed by atoms with Crippen LogP contribution in [0.5, 0.6) is 0 Å². The fourth-order valence-electron chi connectivity index (χ4n) is 2.59. The Bertz CT molecular complexity index is 490. The Morgan fingerprint density at radius 3 is 2.57 bits per heavy atom. The summed E-state index contributed by atoms with van der Waals surface area (Å²) in [7, 11) is 4.07. The fraction of sp³-hybridized carbons (Fsp3) is 0.611. The topological polar surface area (TPSA) is 32.8 Å². The molecule has 23 heavy (non-hydrogen) atoms. The highest BCUT2D eigenvalue weighted by Crippen LogP contribution is 2.38. The van der Waals surface area contributed by atoms with Crippen LogP contribution in [-0.4, -0.2) is 50.4 Å². The van der Waals surface area contributed by atoms with Gasteiger partial charge in [0.25, 0.3) is 0 Å². The number of ether oxygens (including phenoxy) is 1. The van der Waals surface area contributed by atoms with E-state index in [-0.39, 0.29) is 11.3 Å². The molecule has 128 valence electrons. The Kier molecular flexibility index (Phi) is 7.24. The van der Waals surface area contributed by atoms with E-state index in [2.05, 4.69) is 36.1 Å². The van der Waals surface area contributed by atoms with Crippen LogP contribution in [0.4, 0.5) is 5.69 Å². The number of benzene rings is 1. The predicted octanol–water partition coefficient (Wildman–Crippen LogP) is 3.53. The van der Waals surface area contributed by atoms with Gasteiger partial charge in [-0.2, -0.15) is 0 Å². The molecule has 0 N–H and O–H groups in total. The predicted molar refractivity (Wildman–Crippen MR) is 98.0 cm³/mol. The molecule has 0 saturated carbocycles. The van der Waals surface area contributed by atoms with Crippen LogP contribution >= 0.6 is 11.8 Å². The minimum absolute atomic E-state index is 0.148. The Balaban J connectivity index is 1.88. The summed E-state index contributed by atoms with van der Waals surface area (Å²) < 4.78 is 5.60. The van der Waals surface area contributed by atoms with Gasteiger partial charge < -0.3 is 14.5 Å². The van der Waals surface area contributed by atoms with Crippen molar-refractivity contribution in [2.24, 2.45) is 0 Å². The van der Waals surface area contributed by atoms with E-state index in [1.807, 2.05) is 19.0 Å². The minimum atomic E-state index is 0.148. The molecule has 1 saturated heterocycles. The van der Waals surface area contributed by atoms with Crippen LogP contribution in [0.25, 0.3) is 0 Å². The van der Waals surface area contributed by atoms with E-state index in [1.54, 1.807) is 11.8 Å². The third kappa shape index (κ3) is 5.15. The maximum Gasteiger partial charge on any atom is 0.233 e. The average molecular weight is 337 g/mol. The van der Waals surface area contributed by atoms with Crippen molar-refractivity contribution < 1.29 is 9.53 Å². The van der Waals surface area contributed by atoms with Gasteiger partial charge in [-0.3, -0.25) is 4.79 Å². The third-order valence-electron chi connectivity index (χ3n) is 3.99. The molecule has 1 aliphatic heterocycles. The van der Waals surface area contributed by atoms with Gasteiger partial charge in [-0.15, -0.1) is 11.8 Å². The summed E-state index contributed by atoms with van der Waals surface area (Å²) in [6, 6.07) is 8.50. The molecule has 5 heteroatoms. The van der Waals surface area contributed by atoms with Gasteiger partial charge in [0, 0.05) is 39.5 Å². The molecular weight excluding hydrogens is 308 g/mol. The van der Waals surface area contributed by atoms with Crippen LogP contribution < -0.4 is 4.90 Å². The van der Waals surface area contributed by atoms with E-state index in [4.69, 9.17) is 4.74 Å². The lowest BCUT2D eigenvalue weighted by Gasteiger charge is -2.24. The highest BCUT2D eigenvalue weighted by atomic mass is 32.2. The highest BCUT2D eigenvalue weighted by molar-refractivity contribution is 8.00. The van der Waals surface area contributed by atoms with E-state index in [0.29, 0.717) is 5.75 Å². The average Bonchev–Trinajstić information content (AvgIpc) is 2.92. The SMILES string of the molecule is CCCCOCCCN1C(=O)CSC1c1ccc(N(C)C)cc1. The Hall–Kier alpha value is -1.20. The summed E-state index contributed by atoms with van der Waals surface area (Å²) in [5, 5.41) is 0.148. The summed E-state index contributed by atoms with van der Waals surface area (Å²) >= 11 is 1.72. The quantitative estimate of drug-likeness (QED) is 0.646. The number of carbonyl (C=O) groups excluding carboxylic acids is 1. The van der Waals surface area contributed by atoms with Crippen molar-refractivity contribution in [2.45, 2.75) is 31.6 Å². The second-order valence-corrected chi connectivity index (χ2v) is 7.12. The number of thioether (sulfide) groups is 1. The lowest BCUT2D eigenvalue weighted by Crippen LogP contribution is -2.30. The molecule has 0 bridgehead atoms. The summed E-state index contributed by atoms with van der Waals surface area (Å²) in [5.74, 6) is 0.821. The molecule has 4 nitrogen and oxygen atoms in total. The van der Waals surface area contributed by atoms with Crippen molar-refractivity contribution in [2.75, 3.05) is 44.5 Å². The molecule has 1 aromatic carbocycles. The second kappa shape index (κ2) is 9.18. The normalized spacial score (nSPS) is 17.8. The van der Waals surface area contributed by atoms with Crippen molar-refractivity contribution in [3.8, 4) is 0 Å². The largest absolute Gasteiger partial charge is 0.381 e. The van der Waals surface area contributed by atoms with Gasteiger partial charge >= 0.3 is 0 Å². The molecule has 1 atom stereocenters. The van der Waals surface area contributed by atoms with Gasteiger partial charge in [-0.1, -0.05) is 25.5 Å². The van der Waals surface area contributed by atoms with Crippen molar-refractivity contribution >= 4 is 23.4 Å². The van der Waals surface area contributed by atoms with E-state index >= 15 is 0 Å². The molecule has 0 aromatic heterocycles. The van der Waals surface area contributed by atoms with E-state index < -0.39 is 0 Å². The molecule has 1 unspecified atom stereocenters. The van der Waals surface area contributed by atoms with Crippen molar-refractivity contribution in [1.29, 1.82) is 0 Å². The second-order valence-electron chi connectivity index (χ2n) is 6.06. The molecule has 1 heterocycles. The van der Waals surface area contributed by atoms with Gasteiger partial charge in [0.1, 0.15) is 5.37 Å². The fourth-order valence-corrected chi connectivity index (χ4v) is 3.81. The zero-order valence-electron chi connectivity index (χ0n) is 14.5. The maximum atomic E-state index is 12.2. The van der Waals surface area contributed by atoms with E-state index in [9.17, 15) is 4.79 Å². The molecule has 1 aromatic rings. The van der Waals surface area contributed by atoms with Gasteiger partial charge in [0.2, 0.25) is 5.91 Å². The summed E-state index contributed by atoms with van der Waals surface area (Å²) in [6.07, 6.45) is 3.17. The number of hydrogen-bond donors (Lipinski definition) is 0. The van der Waals surface area contributed by atoms with Gasteiger partial charge in [-0.05, 0) is 30.5 Å². The summed E-state index contributed by atoms with van der Waals surface area (Å²) in [6.45, 7) is 4.50. The molecule has 0 spiro atoms. The highest BCUT2D eigenvalue weighted by Gasteiger charge is 2.32. The molecule has 1 fully saturated rings. The Labute approximate surface area is 144 Å². The number of rotatable bonds is 9. The zero-order chi connectivity index (χ0) is 16.7. The van der Waals surface area contributed by atoms with Crippen LogP contribution in [0.2, 0.25) is 0 Å². The monoisotopic (exact) mass is 336 g/mol.